The fraction of sp³-hybridized carbons (Fsp3) is 0.241. The van der Waals surface area contributed by atoms with Crippen molar-refractivity contribution < 1.29 is 4.74 Å². The minimum atomic E-state index is -0.120. The molecule has 2 aromatic carbocycles. The molecule has 5 rings (SSSR count). The van der Waals surface area contributed by atoms with E-state index in [1.807, 2.05) is 74.6 Å². The number of para-hydroxylation sites is 1. The van der Waals surface area contributed by atoms with Crippen molar-refractivity contribution in [1.29, 1.82) is 0 Å². The van der Waals surface area contributed by atoms with Crippen molar-refractivity contribution in [1.82, 2.24) is 14.9 Å². The second-order valence-electron chi connectivity index (χ2n) is 9.27. The number of hydrogen-bond donors (Lipinski definition) is 1. The Morgan fingerprint density at radius 1 is 1.00 bits per heavy atom. The third-order valence-corrected chi connectivity index (χ3v) is 7.10. The number of halogens is 1. The van der Waals surface area contributed by atoms with Crippen molar-refractivity contribution in [3.63, 3.8) is 0 Å². The lowest BCUT2D eigenvalue weighted by molar-refractivity contribution is 0.242. The largest absolute Gasteiger partial charge is 0.491 e. The minimum Gasteiger partial charge on any atom is -0.491 e. The summed E-state index contributed by atoms with van der Waals surface area (Å²) in [6, 6.07) is 24.0. The normalized spacial score (nSPS) is 17.5. The highest BCUT2D eigenvalue weighted by atomic mass is 35.5. The number of pyridine rings is 1. The summed E-state index contributed by atoms with van der Waals surface area (Å²) in [6.07, 6.45) is 1.94. The van der Waals surface area contributed by atoms with Crippen molar-refractivity contribution in [3.05, 3.63) is 107 Å². The van der Waals surface area contributed by atoms with E-state index >= 15 is 0 Å². The Morgan fingerprint density at radius 3 is 2.39 bits per heavy atom. The van der Waals surface area contributed by atoms with Gasteiger partial charge in [0.15, 0.2) is 5.11 Å². The molecule has 0 bridgehead atoms. The Morgan fingerprint density at radius 2 is 1.72 bits per heavy atom. The first-order valence-corrected chi connectivity index (χ1v) is 12.8. The molecule has 2 atom stereocenters. The first kappa shape index (κ1) is 24.3. The van der Waals surface area contributed by atoms with E-state index in [2.05, 4.69) is 51.8 Å². The van der Waals surface area contributed by atoms with Crippen LogP contribution in [-0.4, -0.2) is 20.8 Å². The first-order valence-electron chi connectivity index (χ1n) is 12.1. The summed E-state index contributed by atoms with van der Waals surface area (Å²) < 4.78 is 8.08. The number of benzene rings is 2. The summed E-state index contributed by atoms with van der Waals surface area (Å²) in [5.74, 6) is 0.835. The highest BCUT2D eigenvalue weighted by Crippen LogP contribution is 2.44. The molecule has 3 heterocycles. The maximum absolute atomic E-state index is 6.61. The van der Waals surface area contributed by atoms with E-state index in [9.17, 15) is 0 Å². The van der Waals surface area contributed by atoms with Crippen LogP contribution < -0.4 is 15.0 Å². The standard InChI is InChI=1S/C29H29ClN4OS/c1-18(2)35-22-14-12-21(13-15-22)34-28(27(32-29(34)36)25-10-7-8-16-31-25)23-17-19(3)33(20(23)4)26-11-6-5-9-24(26)30/h5-18,27-28H,1-4H3,(H,32,36)/t27-,28-/m1/s1. The van der Waals surface area contributed by atoms with Crippen LogP contribution >= 0.6 is 23.8 Å². The molecule has 1 fully saturated rings. The van der Waals surface area contributed by atoms with Gasteiger partial charge in [-0.2, -0.15) is 0 Å². The Balaban J connectivity index is 1.64. The number of rotatable bonds is 6. The van der Waals surface area contributed by atoms with Gasteiger partial charge in [0.05, 0.1) is 34.6 Å². The molecule has 4 aromatic rings. The van der Waals surface area contributed by atoms with Gasteiger partial charge < -0.3 is 19.5 Å². The van der Waals surface area contributed by atoms with Gasteiger partial charge in [-0.3, -0.25) is 4.98 Å². The fourth-order valence-electron chi connectivity index (χ4n) is 5.00. The third kappa shape index (κ3) is 4.47. The molecule has 0 amide bonds. The lowest BCUT2D eigenvalue weighted by Crippen LogP contribution is -2.29. The summed E-state index contributed by atoms with van der Waals surface area (Å²) in [5, 5.41) is 4.93. The molecule has 1 N–H and O–H groups in total. The molecule has 5 nitrogen and oxygen atoms in total. The van der Waals surface area contributed by atoms with Crippen molar-refractivity contribution in [3.8, 4) is 11.4 Å². The fourth-order valence-corrected chi connectivity index (χ4v) is 5.56. The molecule has 0 spiro atoms. The van der Waals surface area contributed by atoms with Gasteiger partial charge in [0.1, 0.15) is 5.75 Å². The van der Waals surface area contributed by atoms with Crippen LogP contribution in [0.5, 0.6) is 5.75 Å². The summed E-state index contributed by atoms with van der Waals surface area (Å²) in [4.78, 5) is 6.87. The molecule has 0 radical (unpaired) electrons. The summed E-state index contributed by atoms with van der Waals surface area (Å²) in [6.45, 7) is 8.30. The highest BCUT2D eigenvalue weighted by molar-refractivity contribution is 7.80. The maximum Gasteiger partial charge on any atom is 0.174 e. The Kier molecular flexibility index (Phi) is 6.73. The van der Waals surface area contributed by atoms with Crippen LogP contribution in [0.3, 0.4) is 0 Å². The number of aryl methyl sites for hydroxylation is 1. The second-order valence-corrected chi connectivity index (χ2v) is 10.1. The number of aromatic nitrogens is 2. The maximum atomic E-state index is 6.61. The average molecular weight is 517 g/mol. The van der Waals surface area contributed by atoms with Gasteiger partial charge in [0.25, 0.3) is 0 Å². The van der Waals surface area contributed by atoms with E-state index in [4.69, 9.17) is 28.6 Å². The summed E-state index contributed by atoms with van der Waals surface area (Å²) in [7, 11) is 0. The highest BCUT2D eigenvalue weighted by Gasteiger charge is 2.42. The number of nitrogens with zero attached hydrogens (tertiary/aromatic N) is 3. The van der Waals surface area contributed by atoms with Gasteiger partial charge in [-0.1, -0.05) is 29.8 Å². The summed E-state index contributed by atoms with van der Waals surface area (Å²) in [5.41, 5.74) is 6.28. The smallest absolute Gasteiger partial charge is 0.174 e. The molecular weight excluding hydrogens is 488 g/mol. The van der Waals surface area contributed by atoms with Gasteiger partial charge in [-0.25, -0.2) is 0 Å². The van der Waals surface area contributed by atoms with Gasteiger partial charge in [0, 0.05) is 23.3 Å². The lowest BCUT2D eigenvalue weighted by atomic mass is 9.96. The van der Waals surface area contributed by atoms with Crippen LogP contribution in [0.4, 0.5) is 5.69 Å². The van der Waals surface area contributed by atoms with Crippen LogP contribution in [-0.2, 0) is 0 Å². The Bertz CT molecular complexity index is 1380. The van der Waals surface area contributed by atoms with Gasteiger partial charge >= 0.3 is 0 Å². The van der Waals surface area contributed by atoms with E-state index in [0.717, 1.165) is 39.8 Å². The van der Waals surface area contributed by atoms with Gasteiger partial charge in [-0.15, -0.1) is 0 Å². The van der Waals surface area contributed by atoms with Crippen molar-refractivity contribution in [2.24, 2.45) is 0 Å². The van der Waals surface area contributed by atoms with Gasteiger partial charge in [-0.05, 0) is 100 Å². The molecule has 7 heteroatoms. The number of ether oxygens (including phenoxy) is 1. The van der Waals surface area contributed by atoms with Crippen molar-refractivity contribution >= 4 is 34.6 Å². The van der Waals surface area contributed by atoms with Crippen molar-refractivity contribution in [2.45, 2.75) is 45.9 Å². The molecule has 36 heavy (non-hydrogen) atoms. The molecule has 184 valence electrons. The average Bonchev–Trinajstić information content (AvgIpc) is 3.35. The van der Waals surface area contributed by atoms with Crippen LogP contribution in [0.2, 0.25) is 5.02 Å². The molecule has 1 aliphatic heterocycles. The molecule has 1 aliphatic rings. The van der Waals surface area contributed by atoms with Gasteiger partial charge in [0.2, 0.25) is 0 Å². The first-order chi connectivity index (χ1) is 17.3. The molecule has 0 unspecified atom stereocenters. The Hall–Kier alpha value is -3.35. The lowest BCUT2D eigenvalue weighted by Gasteiger charge is -2.28. The van der Waals surface area contributed by atoms with Crippen LogP contribution in [0, 0.1) is 13.8 Å². The van der Waals surface area contributed by atoms with E-state index < -0.39 is 0 Å². The van der Waals surface area contributed by atoms with Crippen LogP contribution in [0.25, 0.3) is 5.69 Å². The van der Waals surface area contributed by atoms with E-state index in [1.54, 1.807) is 0 Å². The molecular formula is C29H29ClN4OS. The third-order valence-electron chi connectivity index (χ3n) is 6.47. The zero-order valence-electron chi connectivity index (χ0n) is 20.8. The van der Waals surface area contributed by atoms with E-state index in [0.29, 0.717) is 10.1 Å². The number of hydrogen-bond acceptors (Lipinski definition) is 3. The summed E-state index contributed by atoms with van der Waals surface area (Å²) >= 11 is 12.5. The number of thiocarbonyl (C=S) groups is 1. The molecule has 0 saturated carbocycles. The molecule has 1 saturated heterocycles. The zero-order valence-corrected chi connectivity index (χ0v) is 22.3. The van der Waals surface area contributed by atoms with E-state index in [1.165, 1.54) is 0 Å². The quantitative estimate of drug-likeness (QED) is 0.277. The van der Waals surface area contributed by atoms with E-state index in [-0.39, 0.29) is 18.2 Å². The number of nitrogens with one attached hydrogen (secondary N) is 1. The monoisotopic (exact) mass is 516 g/mol. The second kappa shape index (κ2) is 9.96. The zero-order chi connectivity index (χ0) is 25.4. The minimum absolute atomic E-state index is 0.105. The SMILES string of the molecule is Cc1cc([C@@H]2[C@@H](c3ccccn3)NC(=S)N2c2ccc(OC(C)C)cc2)c(C)n1-c1ccccc1Cl. The molecule has 2 aromatic heterocycles. The van der Waals surface area contributed by atoms with Crippen LogP contribution in [0.1, 0.15) is 48.6 Å². The predicted molar refractivity (Wildman–Crippen MR) is 150 cm³/mol. The predicted octanol–water partition coefficient (Wildman–Crippen LogP) is 7.11. The Labute approximate surface area is 222 Å². The number of anilines is 1. The topological polar surface area (TPSA) is 42.3 Å². The van der Waals surface area contributed by atoms with Crippen molar-refractivity contribution in [2.75, 3.05) is 4.90 Å². The molecule has 0 aliphatic carbocycles. The van der Waals surface area contributed by atoms with Crippen LogP contribution in [0.15, 0.2) is 79.0 Å².